The van der Waals surface area contributed by atoms with Gasteiger partial charge in [-0.15, -0.1) is 11.3 Å². The maximum absolute atomic E-state index is 8.90. The fourth-order valence-corrected chi connectivity index (χ4v) is 2.65. The summed E-state index contributed by atoms with van der Waals surface area (Å²) < 4.78 is 6.72. The van der Waals surface area contributed by atoms with Crippen LogP contribution in [-0.4, -0.2) is 5.11 Å². The Kier molecular flexibility index (Phi) is 3.98. The molecule has 0 radical (unpaired) electrons. The lowest BCUT2D eigenvalue weighted by molar-refractivity contribution is 0.281. The summed E-state index contributed by atoms with van der Waals surface area (Å²) in [5.74, 6) is 0.817. The highest BCUT2D eigenvalue weighted by Gasteiger charge is 2.02. The molecule has 1 N–H and O–H groups in total. The van der Waals surface area contributed by atoms with Crippen molar-refractivity contribution in [1.29, 1.82) is 0 Å². The maximum Gasteiger partial charge on any atom is 0.124 e. The Morgan fingerprint density at radius 2 is 1.94 bits per heavy atom. The summed E-state index contributed by atoms with van der Waals surface area (Å²) in [6.07, 6.45) is 0. The Morgan fingerprint density at radius 3 is 2.50 bits per heavy atom. The highest BCUT2D eigenvalue weighted by atomic mass is 79.9. The zero-order valence-corrected chi connectivity index (χ0v) is 10.9. The number of aliphatic hydroxyl groups excluding tert-OH is 1. The fraction of sp³-hybridized carbons (Fsp3) is 0.167. The Labute approximate surface area is 107 Å². The van der Waals surface area contributed by atoms with Crippen molar-refractivity contribution >= 4 is 27.3 Å². The van der Waals surface area contributed by atoms with Crippen LogP contribution in [-0.2, 0) is 13.2 Å². The van der Waals surface area contributed by atoms with Crippen LogP contribution in [0.3, 0.4) is 0 Å². The van der Waals surface area contributed by atoms with Gasteiger partial charge in [0.25, 0.3) is 0 Å². The van der Waals surface area contributed by atoms with E-state index >= 15 is 0 Å². The van der Waals surface area contributed by atoms with Gasteiger partial charge in [-0.1, -0.05) is 12.1 Å². The van der Waals surface area contributed by atoms with Crippen molar-refractivity contribution in [2.75, 3.05) is 0 Å². The molecule has 84 valence electrons. The number of halogens is 1. The third-order valence-corrected chi connectivity index (χ3v) is 4.07. The van der Waals surface area contributed by atoms with Gasteiger partial charge < -0.3 is 9.84 Å². The first-order valence-corrected chi connectivity index (χ1v) is 6.51. The van der Waals surface area contributed by atoms with Gasteiger partial charge in [-0.3, -0.25) is 0 Å². The maximum atomic E-state index is 8.90. The van der Waals surface area contributed by atoms with E-state index in [0.29, 0.717) is 6.61 Å². The van der Waals surface area contributed by atoms with Crippen molar-refractivity contribution in [3.8, 4) is 5.75 Å². The molecule has 2 rings (SSSR count). The van der Waals surface area contributed by atoms with Crippen LogP contribution in [0.1, 0.15) is 10.4 Å². The number of hydrogen-bond donors (Lipinski definition) is 1. The molecule has 0 aliphatic heterocycles. The van der Waals surface area contributed by atoms with E-state index in [4.69, 9.17) is 9.84 Å². The van der Waals surface area contributed by atoms with Crippen LogP contribution in [0.5, 0.6) is 5.75 Å². The first kappa shape index (κ1) is 11.6. The molecule has 1 aromatic carbocycles. The Bertz CT molecular complexity index is 450. The molecule has 2 aromatic rings. The highest BCUT2D eigenvalue weighted by molar-refractivity contribution is 9.10. The van der Waals surface area contributed by atoms with Crippen molar-refractivity contribution in [3.05, 3.63) is 50.6 Å². The molecule has 0 bridgehead atoms. The molecule has 0 amide bonds. The molecule has 0 atom stereocenters. The summed E-state index contributed by atoms with van der Waals surface area (Å²) in [5.41, 5.74) is 0.893. The predicted octanol–water partition coefficient (Wildman–Crippen LogP) is 3.58. The van der Waals surface area contributed by atoms with E-state index in [1.54, 1.807) is 11.3 Å². The minimum absolute atomic E-state index is 0.0662. The van der Waals surface area contributed by atoms with Crippen LogP contribution in [0.15, 0.2) is 40.2 Å². The van der Waals surface area contributed by atoms with Crippen LogP contribution in [0, 0.1) is 0 Å². The van der Waals surface area contributed by atoms with Crippen LogP contribution < -0.4 is 4.74 Å². The number of ether oxygens (including phenoxy) is 1. The number of hydrogen-bond acceptors (Lipinski definition) is 3. The van der Waals surface area contributed by atoms with Crippen LogP contribution in [0.25, 0.3) is 0 Å². The van der Waals surface area contributed by atoms with Gasteiger partial charge >= 0.3 is 0 Å². The van der Waals surface area contributed by atoms with Gasteiger partial charge in [0.05, 0.1) is 11.5 Å². The van der Waals surface area contributed by atoms with E-state index in [2.05, 4.69) is 15.9 Å². The van der Waals surface area contributed by atoms with Crippen molar-refractivity contribution in [2.24, 2.45) is 0 Å². The van der Waals surface area contributed by atoms with Gasteiger partial charge in [-0.05, 0) is 45.1 Å². The van der Waals surface area contributed by atoms with Gasteiger partial charge in [-0.2, -0.15) is 0 Å². The van der Waals surface area contributed by atoms with Crippen molar-refractivity contribution in [2.45, 2.75) is 13.2 Å². The van der Waals surface area contributed by atoms with E-state index < -0.39 is 0 Å². The zero-order valence-electron chi connectivity index (χ0n) is 8.52. The summed E-state index contributed by atoms with van der Waals surface area (Å²) in [7, 11) is 0. The van der Waals surface area contributed by atoms with E-state index in [-0.39, 0.29) is 6.61 Å². The third-order valence-electron chi connectivity index (χ3n) is 2.17. The molecule has 0 fully saturated rings. The summed E-state index contributed by atoms with van der Waals surface area (Å²) in [5, 5.41) is 10.9. The lowest BCUT2D eigenvalue weighted by Crippen LogP contribution is -1.93. The van der Waals surface area contributed by atoms with Crippen molar-refractivity contribution in [3.63, 3.8) is 0 Å². The standard InChI is InChI=1S/C12H11BrO2S/c13-11-5-6-16-12(11)8-15-10-3-1-9(7-14)2-4-10/h1-6,14H,7-8H2. The average Bonchev–Trinajstić information content (AvgIpc) is 2.73. The minimum Gasteiger partial charge on any atom is -0.488 e. The molecule has 0 unspecified atom stereocenters. The molecule has 2 nitrogen and oxygen atoms in total. The average molecular weight is 299 g/mol. The van der Waals surface area contributed by atoms with Gasteiger partial charge in [0.2, 0.25) is 0 Å². The normalized spacial score (nSPS) is 10.4. The smallest absolute Gasteiger partial charge is 0.124 e. The largest absolute Gasteiger partial charge is 0.488 e. The topological polar surface area (TPSA) is 29.5 Å². The lowest BCUT2D eigenvalue weighted by atomic mass is 10.2. The van der Waals surface area contributed by atoms with Gasteiger partial charge in [0.1, 0.15) is 12.4 Å². The second-order valence-corrected chi connectivity index (χ2v) is 5.14. The Morgan fingerprint density at radius 1 is 1.19 bits per heavy atom. The molecule has 1 aromatic heterocycles. The Hall–Kier alpha value is -0.840. The van der Waals surface area contributed by atoms with E-state index in [1.807, 2.05) is 35.7 Å². The van der Waals surface area contributed by atoms with Gasteiger partial charge in [0, 0.05) is 4.47 Å². The molecule has 0 saturated heterocycles. The quantitative estimate of drug-likeness (QED) is 0.935. The predicted molar refractivity (Wildman–Crippen MR) is 68.7 cm³/mol. The van der Waals surface area contributed by atoms with Gasteiger partial charge in [-0.25, -0.2) is 0 Å². The van der Waals surface area contributed by atoms with E-state index in [9.17, 15) is 0 Å². The van der Waals surface area contributed by atoms with Crippen LogP contribution in [0.4, 0.5) is 0 Å². The summed E-state index contributed by atoms with van der Waals surface area (Å²) in [6.45, 7) is 0.632. The molecule has 1 heterocycles. The van der Waals surface area contributed by atoms with Crippen molar-refractivity contribution < 1.29 is 9.84 Å². The number of aliphatic hydroxyl groups is 1. The van der Waals surface area contributed by atoms with Crippen LogP contribution in [0.2, 0.25) is 0 Å². The molecule has 0 saturated carbocycles. The Balaban J connectivity index is 1.97. The van der Waals surface area contributed by atoms with Crippen molar-refractivity contribution in [1.82, 2.24) is 0 Å². The van der Waals surface area contributed by atoms with E-state index in [1.165, 1.54) is 4.88 Å². The van der Waals surface area contributed by atoms with E-state index in [0.717, 1.165) is 15.8 Å². The first-order chi connectivity index (χ1) is 7.79. The second-order valence-electron chi connectivity index (χ2n) is 3.28. The third kappa shape index (κ3) is 2.84. The molecule has 16 heavy (non-hydrogen) atoms. The number of benzene rings is 1. The second kappa shape index (κ2) is 5.48. The molecule has 4 heteroatoms. The molecular formula is C12H11BrO2S. The number of rotatable bonds is 4. The monoisotopic (exact) mass is 298 g/mol. The SMILES string of the molecule is OCc1ccc(OCc2sccc2Br)cc1. The first-order valence-electron chi connectivity index (χ1n) is 4.84. The molecular weight excluding hydrogens is 288 g/mol. The van der Waals surface area contributed by atoms with Crippen LogP contribution >= 0.6 is 27.3 Å². The molecule has 0 aliphatic carbocycles. The summed E-state index contributed by atoms with van der Waals surface area (Å²) in [6, 6.07) is 9.47. The lowest BCUT2D eigenvalue weighted by Gasteiger charge is -2.05. The molecule has 0 spiro atoms. The minimum atomic E-state index is 0.0662. The fourth-order valence-electron chi connectivity index (χ4n) is 1.27. The summed E-state index contributed by atoms with van der Waals surface area (Å²) in [4.78, 5) is 1.17. The highest BCUT2D eigenvalue weighted by Crippen LogP contribution is 2.24. The van der Waals surface area contributed by atoms with Gasteiger partial charge in [0.15, 0.2) is 0 Å². The number of thiophene rings is 1. The molecule has 0 aliphatic rings. The summed E-state index contributed by atoms with van der Waals surface area (Å²) >= 11 is 5.12. The zero-order chi connectivity index (χ0) is 11.4.